The Kier molecular flexibility index (Phi) is 5.99. The van der Waals surface area contributed by atoms with Crippen molar-refractivity contribution in [2.24, 2.45) is 4.99 Å². The fourth-order valence-electron chi connectivity index (χ4n) is 4.51. The van der Waals surface area contributed by atoms with Gasteiger partial charge in [-0.25, -0.2) is 18.8 Å². The fraction of sp³-hybridized carbons (Fsp3) is 0.375. The predicted molar refractivity (Wildman–Crippen MR) is 127 cm³/mol. The van der Waals surface area contributed by atoms with Gasteiger partial charge in [0.1, 0.15) is 29.0 Å². The molecule has 34 heavy (non-hydrogen) atoms. The van der Waals surface area contributed by atoms with Crippen LogP contribution in [0.2, 0.25) is 0 Å². The van der Waals surface area contributed by atoms with Gasteiger partial charge in [-0.05, 0) is 38.5 Å². The van der Waals surface area contributed by atoms with Gasteiger partial charge < -0.3 is 10.2 Å². The maximum atomic E-state index is 14.6. The summed E-state index contributed by atoms with van der Waals surface area (Å²) in [6.45, 7) is 7.35. The van der Waals surface area contributed by atoms with Crippen molar-refractivity contribution in [2.45, 2.75) is 20.3 Å². The topological polar surface area (TPSA) is 72.4 Å². The molecule has 3 aromatic rings. The highest BCUT2D eigenvalue weighted by Crippen LogP contribution is 2.41. The van der Waals surface area contributed by atoms with Gasteiger partial charge in [-0.15, -0.1) is 0 Å². The second-order valence-electron chi connectivity index (χ2n) is 8.57. The Labute approximate surface area is 195 Å². The number of benzene rings is 1. The summed E-state index contributed by atoms with van der Waals surface area (Å²) in [7, 11) is 0. The maximum absolute atomic E-state index is 14.6. The van der Waals surface area contributed by atoms with Crippen molar-refractivity contribution in [1.29, 1.82) is 0 Å². The Morgan fingerprint density at radius 2 is 1.76 bits per heavy atom. The number of alkyl halides is 1. The van der Waals surface area contributed by atoms with Gasteiger partial charge in [0.25, 0.3) is 0 Å². The molecule has 10 heteroatoms. The van der Waals surface area contributed by atoms with Gasteiger partial charge >= 0.3 is 0 Å². The monoisotopic (exact) mass is 469 g/mol. The maximum Gasteiger partial charge on any atom is 0.144 e. The largest absolute Gasteiger partial charge is 0.354 e. The minimum atomic E-state index is -0.703. The number of anilines is 2. The van der Waals surface area contributed by atoms with Crippen molar-refractivity contribution in [3.63, 3.8) is 0 Å². The lowest BCUT2D eigenvalue weighted by Gasteiger charge is -2.35. The Hall–Kier alpha value is -3.40. The smallest absolute Gasteiger partial charge is 0.144 e. The third kappa shape index (κ3) is 4.02. The molecule has 2 aliphatic rings. The van der Waals surface area contributed by atoms with Crippen LogP contribution in [0, 0.1) is 25.5 Å². The quantitative estimate of drug-likeness (QED) is 0.581. The molecule has 1 fully saturated rings. The van der Waals surface area contributed by atoms with Gasteiger partial charge in [0, 0.05) is 38.3 Å². The number of hydrogen-bond donors (Lipinski definition) is 2. The Bertz CT molecular complexity index is 1230. The van der Waals surface area contributed by atoms with Crippen LogP contribution in [0.15, 0.2) is 29.3 Å². The number of H-pyrrole nitrogens is 1. The molecule has 5 rings (SSSR count). The average Bonchev–Trinajstić information content (AvgIpc) is 3.09. The van der Waals surface area contributed by atoms with Crippen LogP contribution in [0.4, 0.5) is 30.4 Å². The molecule has 2 aromatic heterocycles. The Morgan fingerprint density at radius 3 is 2.47 bits per heavy atom. The molecular weight excluding hydrogens is 443 g/mol. The van der Waals surface area contributed by atoms with E-state index in [-0.39, 0.29) is 18.1 Å². The lowest BCUT2D eigenvalue weighted by molar-refractivity contribution is 0.244. The highest BCUT2D eigenvalue weighted by molar-refractivity contribution is 6.14. The van der Waals surface area contributed by atoms with Gasteiger partial charge in [0.05, 0.1) is 35.0 Å². The molecule has 2 N–H and O–H groups in total. The second-order valence-corrected chi connectivity index (χ2v) is 8.57. The van der Waals surface area contributed by atoms with Crippen molar-refractivity contribution in [3.05, 3.63) is 52.9 Å². The van der Waals surface area contributed by atoms with Gasteiger partial charge in [-0.1, -0.05) is 6.07 Å². The van der Waals surface area contributed by atoms with Crippen molar-refractivity contribution >= 4 is 23.0 Å². The molecule has 0 saturated carbocycles. The zero-order chi connectivity index (χ0) is 23.8. The van der Waals surface area contributed by atoms with Crippen LogP contribution in [0.25, 0.3) is 11.3 Å². The predicted octanol–water partition coefficient (Wildman–Crippen LogP) is 4.35. The molecule has 0 bridgehead atoms. The van der Waals surface area contributed by atoms with Crippen molar-refractivity contribution in [3.8, 4) is 11.3 Å². The SMILES string of the molecule is Cc1n[nH]c2c1N=C(c1c(F)cccc1F)Nc1c-2cc(N2CCN(CCCF)CC2)nc1C. The Morgan fingerprint density at radius 1 is 1.03 bits per heavy atom. The Balaban J connectivity index is 1.54. The van der Waals surface area contributed by atoms with E-state index in [1.54, 1.807) is 6.92 Å². The van der Waals surface area contributed by atoms with E-state index >= 15 is 0 Å². The first-order valence-electron chi connectivity index (χ1n) is 11.4. The highest BCUT2D eigenvalue weighted by Gasteiger charge is 2.27. The van der Waals surface area contributed by atoms with Crippen LogP contribution in [0.5, 0.6) is 0 Å². The molecule has 0 amide bonds. The van der Waals surface area contributed by atoms with Gasteiger partial charge in [-0.2, -0.15) is 5.10 Å². The van der Waals surface area contributed by atoms with Crippen molar-refractivity contribution in [2.75, 3.05) is 49.6 Å². The molecular formula is C24H26F3N7. The fourth-order valence-corrected chi connectivity index (χ4v) is 4.51. The number of hydrogen-bond acceptors (Lipinski definition) is 6. The lowest BCUT2D eigenvalue weighted by atomic mass is 10.1. The first-order chi connectivity index (χ1) is 16.5. The number of rotatable bonds is 5. The van der Waals surface area contributed by atoms with E-state index in [9.17, 15) is 13.2 Å². The van der Waals surface area contributed by atoms with Gasteiger partial charge in [0.2, 0.25) is 0 Å². The number of aliphatic imine (C=N–C) groups is 1. The van der Waals surface area contributed by atoms with Crippen LogP contribution in [0.3, 0.4) is 0 Å². The number of pyridine rings is 1. The lowest BCUT2D eigenvalue weighted by Crippen LogP contribution is -2.47. The zero-order valence-electron chi connectivity index (χ0n) is 19.1. The van der Waals surface area contributed by atoms with Gasteiger partial charge in [0.15, 0.2) is 0 Å². The van der Waals surface area contributed by atoms with Crippen LogP contribution in [0.1, 0.15) is 23.4 Å². The summed E-state index contributed by atoms with van der Waals surface area (Å²) in [5, 5.41) is 10.5. The zero-order valence-corrected chi connectivity index (χ0v) is 19.1. The number of nitrogens with zero attached hydrogens (tertiary/aromatic N) is 5. The number of amidine groups is 1. The number of fused-ring (bicyclic) bond motifs is 3. The van der Waals surface area contributed by atoms with E-state index in [4.69, 9.17) is 4.98 Å². The number of piperazine rings is 1. The standard InChI is InChI=1S/C24H26F3N7/c1-14-21-16(13-19(28-14)34-11-9-33(10-12-34)8-4-7-25)23-22(15(2)31-32-23)30-24(29-21)20-17(26)5-3-6-18(20)27/h3,5-6,13H,4,7-12H2,1-2H3,(H,29,30)(H,31,32). The third-order valence-electron chi connectivity index (χ3n) is 6.34. The molecule has 1 aromatic carbocycles. The normalized spacial score (nSPS) is 15.9. The molecule has 178 valence electrons. The first kappa shape index (κ1) is 22.4. The van der Waals surface area contributed by atoms with Gasteiger partial charge in [-0.3, -0.25) is 14.4 Å². The van der Waals surface area contributed by atoms with Crippen LogP contribution >= 0.6 is 0 Å². The number of nitrogens with one attached hydrogen (secondary N) is 2. The van der Waals surface area contributed by atoms with Crippen molar-refractivity contribution in [1.82, 2.24) is 20.1 Å². The molecule has 1 saturated heterocycles. The van der Waals surface area contributed by atoms with Crippen LogP contribution in [-0.2, 0) is 0 Å². The molecule has 0 spiro atoms. The summed E-state index contributed by atoms with van der Waals surface area (Å²) in [5.41, 5.74) is 3.67. The summed E-state index contributed by atoms with van der Waals surface area (Å²) < 4.78 is 41.8. The van der Waals surface area contributed by atoms with E-state index in [1.165, 1.54) is 18.2 Å². The minimum Gasteiger partial charge on any atom is -0.354 e. The molecule has 2 aliphatic heterocycles. The molecule has 0 unspecified atom stereocenters. The summed E-state index contributed by atoms with van der Waals surface area (Å²) >= 11 is 0. The van der Waals surface area contributed by atoms with Crippen molar-refractivity contribution < 1.29 is 13.2 Å². The second kappa shape index (κ2) is 9.09. The summed E-state index contributed by atoms with van der Waals surface area (Å²) in [5.74, 6) is -0.531. The number of aryl methyl sites for hydroxylation is 2. The van der Waals surface area contributed by atoms with E-state index in [2.05, 4.69) is 30.3 Å². The number of aromatic nitrogens is 3. The molecule has 0 aliphatic carbocycles. The molecule has 4 heterocycles. The van der Waals surface area contributed by atoms with E-state index in [1.807, 2.05) is 13.0 Å². The molecule has 7 nitrogen and oxygen atoms in total. The number of halogens is 3. The summed E-state index contributed by atoms with van der Waals surface area (Å²) in [6, 6.07) is 5.70. The minimum absolute atomic E-state index is 0.0687. The van der Waals surface area contributed by atoms with Crippen LogP contribution < -0.4 is 10.2 Å². The third-order valence-corrected chi connectivity index (χ3v) is 6.34. The average molecular weight is 470 g/mol. The van der Waals surface area contributed by atoms with E-state index in [0.717, 1.165) is 44.1 Å². The summed E-state index contributed by atoms with van der Waals surface area (Å²) in [4.78, 5) is 13.8. The molecule has 0 radical (unpaired) electrons. The molecule has 0 atom stereocenters. The van der Waals surface area contributed by atoms with E-state index in [0.29, 0.717) is 34.9 Å². The first-order valence-corrected chi connectivity index (χ1v) is 11.4. The van der Waals surface area contributed by atoms with E-state index < -0.39 is 11.6 Å². The van der Waals surface area contributed by atoms with Crippen LogP contribution in [-0.4, -0.2) is 65.3 Å². The summed E-state index contributed by atoms with van der Waals surface area (Å²) in [6.07, 6.45) is 0.550. The number of aromatic amines is 1. The highest BCUT2D eigenvalue weighted by atomic mass is 19.1.